The van der Waals surface area contributed by atoms with Gasteiger partial charge in [-0.25, -0.2) is 8.78 Å². The topological polar surface area (TPSA) is 46.2 Å². The summed E-state index contributed by atoms with van der Waals surface area (Å²) in [6.07, 6.45) is -2.07. The third kappa shape index (κ3) is 2.01. The molecule has 1 aromatic carbocycles. The fourth-order valence-electron chi connectivity index (χ4n) is 1.30. The lowest BCUT2D eigenvalue weighted by molar-refractivity contribution is 0.115. The number of aryl methyl sites for hydroxylation is 1. The van der Waals surface area contributed by atoms with E-state index >= 15 is 0 Å². The molecular weight excluding hydrogens is 188 g/mol. The molecule has 0 aromatic heterocycles. The average Bonchev–Trinajstić information content (AvgIpc) is 2.17. The van der Waals surface area contributed by atoms with Crippen LogP contribution in [0, 0.1) is 0 Å². The second-order valence-corrected chi connectivity index (χ2v) is 3.07. The summed E-state index contributed by atoms with van der Waals surface area (Å²) in [5.74, 6) is -0.109. The summed E-state index contributed by atoms with van der Waals surface area (Å²) in [4.78, 5) is 0. The number of para-hydroxylation sites is 1. The van der Waals surface area contributed by atoms with Gasteiger partial charge in [0.15, 0.2) is 0 Å². The first-order valence-electron chi connectivity index (χ1n) is 4.42. The van der Waals surface area contributed by atoms with Gasteiger partial charge in [0.2, 0.25) is 0 Å². The Balaban J connectivity index is 3.09. The lowest BCUT2D eigenvalue weighted by Gasteiger charge is -2.14. The Morgan fingerprint density at radius 2 is 2.07 bits per heavy atom. The van der Waals surface area contributed by atoms with Crippen LogP contribution in [-0.2, 0) is 6.42 Å². The number of hydrogen-bond acceptors (Lipinski definition) is 2. The molecule has 0 aliphatic heterocycles. The summed E-state index contributed by atoms with van der Waals surface area (Å²) in [6, 6.07) is 3.32. The number of nitrogens with two attached hydrogens (primary N) is 1. The quantitative estimate of drug-likeness (QED) is 0.787. The normalized spacial score (nSPS) is 13.2. The number of phenolic OH excluding ortho intramolecular Hbond substituents is 1. The zero-order valence-corrected chi connectivity index (χ0v) is 7.87. The van der Waals surface area contributed by atoms with Gasteiger partial charge in [0.05, 0.1) is 6.04 Å². The van der Waals surface area contributed by atoms with Crippen molar-refractivity contribution in [3.05, 3.63) is 29.3 Å². The van der Waals surface area contributed by atoms with E-state index in [1.54, 1.807) is 12.1 Å². The van der Waals surface area contributed by atoms with Gasteiger partial charge in [-0.3, -0.25) is 0 Å². The van der Waals surface area contributed by atoms with E-state index in [2.05, 4.69) is 0 Å². The van der Waals surface area contributed by atoms with E-state index in [1.165, 1.54) is 6.07 Å². The molecule has 1 rings (SSSR count). The molecule has 4 heteroatoms. The Bertz CT molecular complexity index is 315. The Morgan fingerprint density at radius 3 is 2.57 bits per heavy atom. The van der Waals surface area contributed by atoms with Gasteiger partial charge in [-0.05, 0) is 12.0 Å². The van der Waals surface area contributed by atoms with Gasteiger partial charge < -0.3 is 10.8 Å². The summed E-state index contributed by atoms with van der Waals surface area (Å²) in [5.41, 5.74) is 6.00. The molecule has 1 atom stereocenters. The molecule has 0 heterocycles. The van der Waals surface area contributed by atoms with Crippen LogP contribution in [0.4, 0.5) is 8.78 Å². The van der Waals surface area contributed by atoms with Gasteiger partial charge >= 0.3 is 0 Å². The Hall–Kier alpha value is -1.16. The first kappa shape index (κ1) is 10.9. The van der Waals surface area contributed by atoms with Crippen molar-refractivity contribution >= 4 is 0 Å². The fourth-order valence-corrected chi connectivity index (χ4v) is 1.30. The molecule has 3 N–H and O–H groups in total. The number of halogens is 2. The van der Waals surface area contributed by atoms with Crippen LogP contribution in [0.2, 0.25) is 0 Å². The van der Waals surface area contributed by atoms with E-state index < -0.39 is 12.5 Å². The van der Waals surface area contributed by atoms with Crippen molar-refractivity contribution in [1.29, 1.82) is 0 Å². The number of alkyl halides is 2. The zero-order chi connectivity index (χ0) is 10.7. The van der Waals surface area contributed by atoms with Gasteiger partial charge in [-0.1, -0.05) is 25.1 Å². The molecule has 2 nitrogen and oxygen atoms in total. The summed E-state index contributed by atoms with van der Waals surface area (Å²) in [7, 11) is 0. The van der Waals surface area contributed by atoms with Gasteiger partial charge in [0, 0.05) is 5.56 Å². The molecule has 0 radical (unpaired) electrons. The van der Waals surface area contributed by atoms with Crippen LogP contribution in [0.3, 0.4) is 0 Å². The van der Waals surface area contributed by atoms with Crippen LogP contribution in [0.15, 0.2) is 18.2 Å². The van der Waals surface area contributed by atoms with E-state index in [1.807, 2.05) is 6.92 Å². The second kappa shape index (κ2) is 4.37. The summed E-state index contributed by atoms with van der Waals surface area (Å²) >= 11 is 0. The van der Waals surface area contributed by atoms with E-state index in [4.69, 9.17) is 5.73 Å². The molecule has 0 fully saturated rings. The highest BCUT2D eigenvalue weighted by Gasteiger charge is 2.21. The first-order valence-corrected chi connectivity index (χ1v) is 4.42. The second-order valence-electron chi connectivity index (χ2n) is 3.07. The number of aromatic hydroxyl groups is 1. The molecule has 1 aromatic rings. The molecule has 0 aliphatic rings. The Morgan fingerprint density at radius 1 is 1.43 bits per heavy atom. The third-order valence-electron chi connectivity index (χ3n) is 2.16. The lowest BCUT2D eigenvalue weighted by Crippen LogP contribution is -2.19. The standard InChI is InChI=1S/C10H13F2NO/c1-2-6-4-3-5-7(9(6)14)8(13)10(11)12/h3-5,8,10,14H,2,13H2,1H3/t8-/m1/s1. The molecule has 0 saturated heterocycles. The maximum atomic E-state index is 12.3. The third-order valence-corrected chi connectivity index (χ3v) is 2.16. The monoisotopic (exact) mass is 201 g/mol. The van der Waals surface area contributed by atoms with E-state index in [0.29, 0.717) is 12.0 Å². The molecule has 0 unspecified atom stereocenters. The highest BCUT2D eigenvalue weighted by molar-refractivity contribution is 5.42. The Labute approximate surface area is 81.4 Å². The molecule has 0 amide bonds. The van der Waals surface area contributed by atoms with Crippen LogP contribution in [-0.4, -0.2) is 11.5 Å². The molecule has 78 valence electrons. The maximum absolute atomic E-state index is 12.3. The highest BCUT2D eigenvalue weighted by atomic mass is 19.3. The minimum atomic E-state index is -2.66. The highest BCUT2D eigenvalue weighted by Crippen LogP contribution is 2.29. The minimum absolute atomic E-state index is 0.109. The van der Waals surface area contributed by atoms with Crippen LogP contribution in [0.1, 0.15) is 24.1 Å². The van der Waals surface area contributed by atoms with E-state index in [-0.39, 0.29) is 11.3 Å². The van der Waals surface area contributed by atoms with Gasteiger partial charge in [-0.15, -0.1) is 0 Å². The predicted molar refractivity (Wildman–Crippen MR) is 50.4 cm³/mol. The van der Waals surface area contributed by atoms with Gasteiger partial charge in [0.1, 0.15) is 5.75 Å². The predicted octanol–water partition coefficient (Wildman–Crippen LogP) is 2.22. The summed E-state index contributed by atoms with van der Waals surface area (Å²) in [5, 5.41) is 9.59. The fraction of sp³-hybridized carbons (Fsp3) is 0.400. The summed E-state index contributed by atoms with van der Waals surface area (Å²) < 4.78 is 24.6. The van der Waals surface area contributed by atoms with Crippen molar-refractivity contribution in [2.45, 2.75) is 25.8 Å². The number of phenols is 1. The van der Waals surface area contributed by atoms with Gasteiger partial charge in [-0.2, -0.15) is 0 Å². The Kier molecular flexibility index (Phi) is 3.41. The smallest absolute Gasteiger partial charge is 0.257 e. The van der Waals surface area contributed by atoms with Crippen molar-refractivity contribution < 1.29 is 13.9 Å². The SMILES string of the molecule is CCc1cccc([C@@H](N)C(F)F)c1O. The maximum Gasteiger partial charge on any atom is 0.257 e. The molecular formula is C10H13F2NO. The van der Waals surface area contributed by atoms with Crippen LogP contribution < -0.4 is 5.73 Å². The lowest BCUT2D eigenvalue weighted by atomic mass is 10.0. The van der Waals surface area contributed by atoms with Crippen LogP contribution >= 0.6 is 0 Å². The van der Waals surface area contributed by atoms with Crippen molar-refractivity contribution in [2.75, 3.05) is 0 Å². The van der Waals surface area contributed by atoms with Crippen molar-refractivity contribution in [3.8, 4) is 5.75 Å². The molecule has 0 aliphatic carbocycles. The number of hydrogen-bond donors (Lipinski definition) is 2. The first-order chi connectivity index (χ1) is 6.57. The van der Waals surface area contributed by atoms with Crippen molar-refractivity contribution in [1.82, 2.24) is 0 Å². The van der Waals surface area contributed by atoms with Crippen molar-refractivity contribution in [3.63, 3.8) is 0 Å². The molecule has 0 saturated carbocycles. The van der Waals surface area contributed by atoms with Crippen LogP contribution in [0.5, 0.6) is 5.75 Å². The number of benzene rings is 1. The van der Waals surface area contributed by atoms with Gasteiger partial charge in [0.25, 0.3) is 6.43 Å². The average molecular weight is 201 g/mol. The minimum Gasteiger partial charge on any atom is -0.507 e. The van der Waals surface area contributed by atoms with Crippen LogP contribution in [0.25, 0.3) is 0 Å². The molecule has 0 spiro atoms. The molecule has 14 heavy (non-hydrogen) atoms. The number of rotatable bonds is 3. The largest absolute Gasteiger partial charge is 0.507 e. The zero-order valence-electron chi connectivity index (χ0n) is 7.87. The summed E-state index contributed by atoms with van der Waals surface area (Å²) in [6.45, 7) is 1.84. The van der Waals surface area contributed by atoms with E-state index in [0.717, 1.165) is 0 Å². The van der Waals surface area contributed by atoms with Crippen molar-refractivity contribution in [2.24, 2.45) is 5.73 Å². The molecule has 0 bridgehead atoms. The van der Waals surface area contributed by atoms with E-state index in [9.17, 15) is 13.9 Å².